The van der Waals surface area contributed by atoms with Gasteiger partial charge in [-0.2, -0.15) is 0 Å². The van der Waals surface area contributed by atoms with Gasteiger partial charge in [-0.15, -0.1) is 0 Å². The van der Waals surface area contributed by atoms with Crippen LogP contribution in [-0.4, -0.2) is 54.7 Å². The Morgan fingerprint density at radius 2 is 1.94 bits per heavy atom. The summed E-state index contributed by atoms with van der Waals surface area (Å²) in [5, 5.41) is 11.1. The van der Waals surface area contributed by atoms with Crippen LogP contribution in [-0.2, 0) is 14.3 Å². The van der Waals surface area contributed by atoms with E-state index < -0.39 is 17.7 Å². The summed E-state index contributed by atoms with van der Waals surface area (Å²) in [6.45, 7) is 3.27. The Bertz CT molecular complexity index is 1030. The van der Waals surface area contributed by atoms with Crippen molar-refractivity contribution in [3.63, 3.8) is 0 Å². The zero-order valence-electron chi connectivity index (χ0n) is 18.2. The van der Waals surface area contributed by atoms with Crippen LogP contribution in [0.4, 0.5) is 0 Å². The molecular weight excluding hydrogens is 410 g/mol. The lowest BCUT2D eigenvalue weighted by Gasteiger charge is -2.28. The predicted molar refractivity (Wildman–Crippen MR) is 119 cm³/mol. The molecule has 0 radical (unpaired) electrons. The van der Waals surface area contributed by atoms with Crippen LogP contribution in [0.2, 0.25) is 0 Å². The Kier molecular flexibility index (Phi) is 6.46. The Balaban J connectivity index is 1.83. The van der Waals surface area contributed by atoms with Gasteiger partial charge in [0.2, 0.25) is 0 Å². The molecule has 168 valence electrons. The monoisotopic (exact) mass is 437 g/mol. The van der Waals surface area contributed by atoms with Crippen LogP contribution in [0.15, 0.2) is 54.1 Å². The van der Waals surface area contributed by atoms with Crippen molar-refractivity contribution in [2.24, 2.45) is 0 Å². The van der Waals surface area contributed by atoms with Crippen LogP contribution in [0.3, 0.4) is 0 Å². The fourth-order valence-corrected chi connectivity index (χ4v) is 4.30. The maximum Gasteiger partial charge on any atom is 0.295 e. The summed E-state index contributed by atoms with van der Waals surface area (Å²) in [6.07, 6.45) is 1.60. The standard InChI is InChI=1S/C25H27NO6/c1-3-31-19-12-11-17(14-20(19)30-2)22-21(23(27)16-8-5-4-6-9-16)24(28)25(29)26(22)15-18-10-7-13-32-18/h4-6,8-9,11-12,14,18,22,27H,3,7,10,13,15H2,1-2H3. The van der Waals surface area contributed by atoms with E-state index in [-0.39, 0.29) is 24.0 Å². The molecule has 7 nitrogen and oxygen atoms in total. The molecule has 2 unspecified atom stereocenters. The molecule has 0 aromatic heterocycles. The molecule has 7 heteroatoms. The molecule has 4 rings (SSSR count). The van der Waals surface area contributed by atoms with Gasteiger partial charge in [-0.05, 0) is 37.5 Å². The first-order valence-electron chi connectivity index (χ1n) is 10.8. The van der Waals surface area contributed by atoms with Crippen LogP contribution in [0.5, 0.6) is 11.5 Å². The summed E-state index contributed by atoms with van der Waals surface area (Å²) in [5.74, 6) is -0.487. The molecule has 1 amide bonds. The summed E-state index contributed by atoms with van der Waals surface area (Å²) < 4.78 is 16.8. The van der Waals surface area contributed by atoms with E-state index in [2.05, 4.69) is 0 Å². The lowest BCUT2D eigenvalue weighted by molar-refractivity contribution is -0.140. The van der Waals surface area contributed by atoms with Gasteiger partial charge in [0.15, 0.2) is 11.5 Å². The molecule has 2 aliphatic rings. The van der Waals surface area contributed by atoms with Gasteiger partial charge >= 0.3 is 0 Å². The van der Waals surface area contributed by atoms with Crippen molar-refractivity contribution in [3.8, 4) is 11.5 Å². The minimum absolute atomic E-state index is 0.0606. The van der Waals surface area contributed by atoms with E-state index in [0.717, 1.165) is 12.8 Å². The smallest absolute Gasteiger partial charge is 0.295 e. The van der Waals surface area contributed by atoms with E-state index in [0.29, 0.717) is 35.8 Å². The summed E-state index contributed by atoms with van der Waals surface area (Å²) in [7, 11) is 1.54. The number of carbonyl (C=O) groups is 2. The molecule has 2 fully saturated rings. The van der Waals surface area contributed by atoms with Crippen LogP contribution in [0.1, 0.15) is 36.9 Å². The zero-order valence-corrected chi connectivity index (χ0v) is 18.2. The first kappa shape index (κ1) is 21.9. The highest BCUT2D eigenvalue weighted by atomic mass is 16.5. The Labute approximate surface area is 187 Å². The number of aliphatic hydroxyl groups excluding tert-OH is 1. The quantitative estimate of drug-likeness (QED) is 0.404. The fourth-order valence-electron chi connectivity index (χ4n) is 4.30. The average Bonchev–Trinajstić information content (AvgIpc) is 3.42. The Morgan fingerprint density at radius 1 is 1.16 bits per heavy atom. The second-order valence-electron chi connectivity index (χ2n) is 7.80. The van der Waals surface area contributed by atoms with Crippen molar-refractivity contribution in [3.05, 3.63) is 65.2 Å². The molecular formula is C25H27NO6. The van der Waals surface area contributed by atoms with Crippen molar-refractivity contribution < 1.29 is 28.9 Å². The van der Waals surface area contributed by atoms with Gasteiger partial charge < -0.3 is 24.2 Å². The van der Waals surface area contributed by atoms with E-state index in [1.165, 1.54) is 12.0 Å². The van der Waals surface area contributed by atoms with Crippen molar-refractivity contribution in [1.29, 1.82) is 0 Å². The van der Waals surface area contributed by atoms with Gasteiger partial charge in [0, 0.05) is 18.7 Å². The Morgan fingerprint density at radius 3 is 2.59 bits per heavy atom. The summed E-state index contributed by atoms with van der Waals surface area (Å²) in [6, 6.07) is 13.3. The number of nitrogens with zero attached hydrogens (tertiary/aromatic N) is 1. The number of hydrogen-bond donors (Lipinski definition) is 1. The maximum absolute atomic E-state index is 13.1. The normalized spacial score (nSPS) is 22.4. The first-order chi connectivity index (χ1) is 15.5. The van der Waals surface area contributed by atoms with Crippen LogP contribution < -0.4 is 9.47 Å². The molecule has 2 aromatic rings. The van der Waals surface area contributed by atoms with Crippen molar-refractivity contribution in [2.75, 3.05) is 26.9 Å². The minimum atomic E-state index is -0.760. The summed E-state index contributed by atoms with van der Waals surface area (Å²) in [4.78, 5) is 27.7. The zero-order chi connectivity index (χ0) is 22.7. The van der Waals surface area contributed by atoms with Crippen molar-refractivity contribution >= 4 is 17.4 Å². The van der Waals surface area contributed by atoms with Gasteiger partial charge in [-0.1, -0.05) is 36.4 Å². The van der Waals surface area contributed by atoms with E-state index in [9.17, 15) is 14.7 Å². The van der Waals surface area contributed by atoms with Crippen LogP contribution in [0.25, 0.3) is 5.76 Å². The number of aliphatic hydroxyl groups is 1. The topological polar surface area (TPSA) is 85.3 Å². The highest BCUT2D eigenvalue weighted by molar-refractivity contribution is 6.46. The predicted octanol–water partition coefficient (Wildman–Crippen LogP) is 3.69. The third-order valence-corrected chi connectivity index (χ3v) is 5.81. The average molecular weight is 437 g/mol. The van der Waals surface area contributed by atoms with Gasteiger partial charge in [0.05, 0.1) is 31.4 Å². The van der Waals surface area contributed by atoms with Gasteiger partial charge in [0.1, 0.15) is 5.76 Å². The van der Waals surface area contributed by atoms with Gasteiger partial charge in [-0.25, -0.2) is 0 Å². The van der Waals surface area contributed by atoms with Crippen molar-refractivity contribution in [2.45, 2.75) is 31.9 Å². The molecule has 0 spiro atoms. The number of carbonyl (C=O) groups excluding carboxylic acids is 2. The summed E-state index contributed by atoms with van der Waals surface area (Å²) >= 11 is 0. The Hall–Kier alpha value is -3.32. The van der Waals surface area contributed by atoms with Crippen molar-refractivity contribution in [1.82, 2.24) is 4.90 Å². The first-order valence-corrected chi connectivity index (χ1v) is 10.8. The molecule has 0 bridgehead atoms. The van der Waals surface area contributed by atoms with E-state index in [1.54, 1.807) is 42.5 Å². The van der Waals surface area contributed by atoms with Crippen LogP contribution in [0, 0.1) is 0 Å². The number of rotatable bonds is 7. The van der Waals surface area contributed by atoms with E-state index in [1.807, 2.05) is 13.0 Å². The second kappa shape index (κ2) is 9.44. The molecule has 2 heterocycles. The molecule has 2 aromatic carbocycles. The molecule has 2 saturated heterocycles. The highest BCUT2D eigenvalue weighted by Gasteiger charge is 2.47. The second-order valence-corrected chi connectivity index (χ2v) is 7.80. The number of hydrogen-bond acceptors (Lipinski definition) is 6. The number of likely N-dealkylation sites (tertiary alicyclic amines) is 1. The number of benzene rings is 2. The number of ketones is 1. The third kappa shape index (κ3) is 4.08. The maximum atomic E-state index is 13.1. The molecule has 0 saturated carbocycles. The molecule has 32 heavy (non-hydrogen) atoms. The molecule has 2 atom stereocenters. The lowest BCUT2D eigenvalue weighted by Crippen LogP contribution is -2.36. The van der Waals surface area contributed by atoms with E-state index in [4.69, 9.17) is 14.2 Å². The van der Waals surface area contributed by atoms with Gasteiger partial charge in [-0.3, -0.25) is 9.59 Å². The third-order valence-electron chi connectivity index (χ3n) is 5.81. The SMILES string of the molecule is CCOc1ccc(C2C(=C(O)c3ccccc3)C(=O)C(=O)N2CC2CCCO2)cc1OC. The molecule has 2 aliphatic heterocycles. The van der Waals surface area contributed by atoms with Gasteiger partial charge in [0.25, 0.3) is 11.7 Å². The van der Waals surface area contributed by atoms with Crippen LogP contribution >= 0.6 is 0 Å². The number of amides is 1. The lowest BCUT2D eigenvalue weighted by atomic mass is 9.95. The highest BCUT2D eigenvalue weighted by Crippen LogP contribution is 2.42. The number of methoxy groups -OCH3 is 1. The molecule has 1 N–H and O–H groups in total. The molecule has 0 aliphatic carbocycles. The number of Topliss-reactive ketones (excluding diaryl/α,β-unsaturated/α-hetero) is 1. The number of ether oxygens (including phenoxy) is 3. The minimum Gasteiger partial charge on any atom is -0.507 e. The van der Waals surface area contributed by atoms with E-state index >= 15 is 0 Å². The summed E-state index contributed by atoms with van der Waals surface area (Å²) in [5.41, 5.74) is 1.19. The largest absolute Gasteiger partial charge is 0.507 e. The fraction of sp³-hybridized carbons (Fsp3) is 0.360.